The van der Waals surface area contributed by atoms with E-state index in [1.807, 2.05) is 0 Å². The Labute approximate surface area is 562 Å². The topological polar surface area (TPSA) is 237 Å². The molecule has 0 spiro atoms. The molecule has 546 valence electrons. The van der Waals surface area contributed by atoms with Crippen molar-refractivity contribution in [2.24, 2.45) is 5.92 Å². The Morgan fingerprint density at radius 1 is 0.293 bits per heavy atom. The maximum absolute atomic E-state index is 13.1. The molecule has 0 saturated carbocycles. The molecule has 0 aliphatic heterocycles. The first kappa shape index (κ1) is 90.1. The summed E-state index contributed by atoms with van der Waals surface area (Å²) < 4.78 is 68.3. The molecule has 92 heavy (non-hydrogen) atoms. The molecule has 0 aliphatic carbocycles. The number of carbonyl (C=O) groups excluding carboxylic acids is 4. The van der Waals surface area contributed by atoms with Gasteiger partial charge in [-0.15, -0.1) is 0 Å². The Balaban J connectivity index is 5.16. The maximum atomic E-state index is 13.1. The van der Waals surface area contributed by atoms with Gasteiger partial charge in [-0.25, -0.2) is 9.13 Å². The molecule has 0 aliphatic rings. The van der Waals surface area contributed by atoms with E-state index in [9.17, 15) is 43.2 Å². The lowest BCUT2D eigenvalue weighted by molar-refractivity contribution is -0.161. The molecular weight excluding hydrogens is 1210 g/mol. The largest absolute Gasteiger partial charge is 0.472 e. The number of aliphatic hydroxyl groups excluding tert-OH is 1. The highest BCUT2D eigenvalue weighted by Gasteiger charge is 2.30. The van der Waals surface area contributed by atoms with Crippen molar-refractivity contribution in [2.75, 3.05) is 39.6 Å². The molecule has 5 atom stereocenters. The fourth-order valence-electron chi connectivity index (χ4n) is 11.2. The monoisotopic (exact) mass is 1350 g/mol. The summed E-state index contributed by atoms with van der Waals surface area (Å²) in [7, 11) is -9.90. The van der Waals surface area contributed by atoms with E-state index in [-0.39, 0.29) is 25.7 Å². The molecule has 0 aromatic rings. The minimum absolute atomic E-state index is 0.103. The van der Waals surface area contributed by atoms with Crippen LogP contribution in [0, 0.1) is 5.92 Å². The lowest BCUT2D eigenvalue weighted by Crippen LogP contribution is -2.30. The second-order valence-corrected chi connectivity index (χ2v) is 29.7. The Bertz CT molecular complexity index is 1770. The number of phosphoric acid groups is 2. The van der Waals surface area contributed by atoms with Crippen molar-refractivity contribution in [1.82, 2.24) is 0 Å². The molecule has 0 radical (unpaired) electrons. The minimum Gasteiger partial charge on any atom is -0.462 e. The van der Waals surface area contributed by atoms with Gasteiger partial charge in [0.2, 0.25) is 0 Å². The van der Waals surface area contributed by atoms with E-state index in [2.05, 4.69) is 34.6 Å². The molecule has 3 N–H and O–H groups in total. The number of hydrogen-bond acceptors (Lipinski definition) is 15. The summed E-state index contributed by atoms with van der Waals surface area (Å²) in [6.45, 7) is 7.16. The standard InChI is InChI=1S/C73H142O17P2/c1-6-9-12-15-18-20-22-24-26-27-28-29-30-32-34-36-38-43-48-53-58-72(77)89-69(63-84-71(76)57-52-47-42-37-35-33-31-25-23-21-19-16-13-10-7-2)65-88-92(81,82)86-61-67(74)60-85-91(79,80)87-64-68(62-83-70(75)56-51-46-40-17-14-11-8-3)90-73(78)59-54-49-44-39-41-45-50-55-66(4)5/h66-69,74H,6-65H2,1-5H3,(H,79,80)(H,81,82)/t67-,68+,69+/m0/s1. The van der Waals surface area contributed by atoms with Crippen LogP contribution >= 0.6 is 15.6 Å². The predicted octanol–water partition coefficient (Wildman–Crippen LogP) is 21.3. The number of aliphatic hydroxyl groups is 1. The quantitative estimate of drug-likeness (QED) is 0.0222. The van der Waals surface area contributed by atoms with Crippen molar-refractivity contribution in [3.63, 3.8) is 0 Å². The number of rotatable bonds is 73. The summed E-state index contributed by atoms with van der Waals surface area (Å²) in [5, 5.41) is 10.6. The number of ether oxygens (including phenoxy) is 4. The van der Waals surface area contributed by atoms with Crippen LogP contribution in [0.3, 0.4) is 0 Å². The molecule has 0 heterocycles. The summed E-state index contributed by atoms with van der Waals surface area (Å²) >= 11 is 0. The van der Waals surface area contributed by atoms with Crippen LogP contribution in [0.5, 0.6) is 0 Å². The third-order valence-corrected chi connectivity index (χ3v) is 18.9. The molecule has 0 bridgehead atoms. The summed E-state index contributed by atoms with van der Waals surface area (Å²) in [6.07, 6.45) is 54.5. The first-order chi connectivity index (χ1) is 44.5. The Kier molecular flexibility index (Phi) is 64.9. The Morgan fingerprint density at radius 2 is 0.500 bits per heavy atom. The molecule has 0 aromatic heterocycles. The molecular formula is C73H142O17P2. The van der Waals surface area contributed by atoms with E-state index in [1.165, 1.54) is 193 Å². The number of carbonyl (C=O) groups is 4. The Hall–Kier alpha value is -1.94. The van der Waals surface area contributed by atoms with E-state index >= 15 is 0 Å². The molecule has 17 nitrogen and oxygen atoms in total. The van der Waals surface area contributed by atoms with Crippen molar-refractivity contribution in [3.8, 4) is 0 Å². The minimum atomic E-state index is -4.95. The van der Waals surface area contributed by atoms with Crippen LogP contribution in [0.4, 0.5) is 0 Å². The van der Waals surface area contributed by atoms with Gasteiger partial charge in [0.1, 0.15) is 19.3 Å². The van der Waals surface area contributed by atoms with Crippen molar-refractivity contribution >= 4 is 39.5 Å². The van der Waals surface area contributed by atoms with Crippen LogP contribution < -0.4 is 0 Å². The van der Waals surface area contributed by atoms with Crippen LogP contribution in [0.25, 0.3) is 0 Å². The lowest BCUT2D eigenvalue weighted by Gasteiger charge is -2.21. The van der Waals surface area contributed by atoms with Crippen molar-refractivity contribution in [1.29, 1.82) is 0 Å². The lowest BCUT2D eigenvalue weighted by atomic mass is 10.0. The average Bonchev–Trinajstić information content (AvgIpc) is 1.88. The summed E-state index contributed by atoms with van der Waals surface area (Å²) in [5.41, 5.74) is 0. The van der Waals surface area contributed by atoms with Gasteiger partial charge in [-0.3, -0.25) is 37.3 Å². The van der Waals surface area contributed by atoms with Gasteiger partial charge in [-0.2, -0.15) is 0 Å². The van der Waals surface area contributed by atoms with Crippen molar-refractivity contribution in [3.05, 3.63) is 0 Å². The van der Waals surface area contributed by atoms with Crippen molar-refractivity contribution < 1.29 is 80.2 Å². The predicted molar refractivity (Wildman–Crippen MR) is 372 cm³/mol. The first-order valence-electron chi connectivity index (χ1n) is 38.1. The third kappa shape index (κ3) is 66.7. The van der Waals surface area contributed by atoms with E-state index in [4.69, 9.17) is 37.0 Å². The van der Waals surface area contributed by atoms with Gasteiger partial charge in [0.15, 0.2) is 12.2 Å². The van der Waals surface area contributed by atoms with E-state index in [1.54, 1.807) is 0 Å². The summed E-state index contributed by atoms with van der Waals surface area (Å²) in [5.74, 6) is -1.43. The number of esters is 4. The first-order valence-corrected chi connectivity index (χ1v) is 41.1. The molecule has 0 fully saturated rings. The van der Waals surface area contributed by atoms with Gasteiger partial charge in [0, 0.05) is 25.7 Å². The zero-order valence-corrected chi connectivity index (χ0v) is 61.5. The van der Waals surface area contributed by atoms with Gasteiger partial charge in [0.25, 0.3) is 0 Å². The SMILES string of the molecule is CCCCCCCCCCCCCCCCCCCCCCC(=O)O[C@H](COC(=O)CCCCCCCCCCCCCCCCC)COP(=O)(O)OC[C@@H](O)COP(=O)(O)OC[C@@H](COC(=O)CCCCCCCCC)OC(=O)CCCCCCCCCC(C)C. The molecule has 0 amide bonds. The number of hydrogen-bond donors (Lipinski definition) is 3. The highest BCUT2D eigenvalue weighted by atomic mass is 31.2. The van der Waals surface area contributed by atoms with Gasteiger partial charge < -0.3 is 33.8 Å². The maximum Gasteiger partial charge on any atom is 0.472 e. The fourth-order valence-corrected chi connectivity index (χ4v) is 12.8. The molecule has 19 heteroatoms. The smallest absolute Gasteiger partial charge is 0.462 e. The van der Waals surface area contributed by atoms with Crippen LogP contribution in [-0.2, 0) is 65.4 Å². The highest BCUT2D eigenvalue weighted by molar-refractivity contribution is 7.47. The van der Waals surface area contributed by atoms with Crippen LogP contribution in [0.15, 0.2) is 0 Å². The average molecular weight is 1350 g/mol. The van der Waals surface area contributed by atoms with Gasteiger partial charge in [0.05, 0.1) is 26.4 Å². The van der Waals surface area contributed by atoms with Gasteiger partial charge in [-0.1, -0.05) is 330 Å². The molecule has 0 saturated heterocycles. The summed E-state index contributed by atoms with van der Waals surface area (Å²) in [4.78, 5) is 72.5. The molecule has 0 aromatic carbocycles. The van der Waals surface area contributed by atoms with E-state index in [0.717, 1.165) is 103 Å². The van der Waals surface area contributed by atoms with E-state index in [0.29, 0.717) is 31.6 Å². The van der Waals surface area contributed by atoms with Crippen LogP contribution in [0.1, 0.15) is 381 Å². The van der Waals surface area contributed by atoms with Crippen LogP contribution in [-0.4, -0.2) is 96.7 Å². The fraction of sp³-hybridized carbons (Fsp3) is 0.945. The second kappa shape index (κ2) is 66.3. The zero-order valence-electron chi connectivity index (χ0n) is 59.7. The van der Waals surface area contributed by atoms with Crippen molar-refractivity contribution in [2.45, 2.75) is 400 Å². The molecule has 0 rings (SSSR count). The third-order valence-electron chi connectivity index (χ3n) is 17.0. The van der Waals surface area contributed by atoms with E-state index < -0.39 is 97.5 Å². The Morgan fingerprint density at radius 3 is 0.739 bits per heavy atom. The number of phosphoric ester groups is 2. The van der Waals surface area contributed by atoms with Gasteiger partial charge >= 0.3 is 39.5 Å². The molecule has 2 unspecified atom stereocenters. The van der Waals surface area contributed by atoms with Gasteiger partial charge in [-0.05, 0) is 31.6 Å². The van der Waals surface area contributed by atoms with Crippen LogP contribution in [0.2, 0.25) is 0 Å². The normalized spacial score (nSPS) is 14.0. The number of unbranched alkanes of at least 4 members (excludes halogenated alkanes) is 45. The zero-order chi connectivity index (χ0) is 67.7. The highest BCUT2D eigenvalue weighted by Crippen LogP contribution is 2.45. The second-order valence-electron chi connectivity index (χ2n) is 26.8. The summed E-state index contributed by atoms with van der Waals surface area (Å²) in [6, 6.07) is 0.